The summed E-state index contributed by atoms with van der Waals surface area (Å²) in [4.78, 5) is 21.4. The molecule has 0 saturated carbocycles. The lowest BCUT2D eigenvalue weighted by Crippen LogP contribution is -2.44. The Bertz CT molecular complexity index is 204. The first-order chi connectivity index (χ1) is 6.45. The summed E-state index contributed by atoms with van der Waals surface area (Å²) in [6.07, 6.45) is 0.503. The van der Waals surface area contributed by atoms with Crippen molar-refractivity contribution in [1.82, 2.24) is 5.32 Å². The van der Waals surface area contributed by atoms with Crippen LogP contribution in [0, 0.1) is 5.92 Å². The summed E-state index contributed by atoms with van der Waals surface area (Å²) in [6, 6.07) is -0.514. The Balaban J connectivity index is 3.59. The number of aliphatic carboxylic acids is 1. The summed E-state index contributed by atoms with van der Waals surface area (Å²) < 4.78 is 0. The second kappa shape index (κ2) is 6.37. The molecule has 0 spiro atoms. The third-order valence-corrected chi connectivity index (χ3v) is 1.89. The van der Waals surface area contributed by atoms with Crippen LogP contribution in [0.15, 0.2) is 0 Å². The van der Waals surface area contributed by atoms with E-state index in [4.69, 9.17) is 10.8 Å². The predicted octanol–water partition coefficient (Wildman–Crippen LogP) is -0.0493. The number of hydrogen-bond donors (Lipinski definition) is 3. The molecule has 1 amide bonds. The number of nitrogens with two attached hydrogens (primary N) is 1. The van der Waals surface area contributed by atoms with Crippen LogP contribution in [0.2, 0.25) is 0 Å². The standard InChI is InChI=1S/C9H18N2O3/c1-6(2)8(10)9(14)11-5-3-4-7(12)13/h6,8H,3-5,10H2,1-2H3,(H,11,14)(H,12,13)/t8-/m1/s1. The van der Waals surface area contributed by atoms with Crippen LogP contribution in [0.1, 0.15) is 26.7 Å². The lowest BCUT2D eigenvalue weighted by Gasteiger charge is -2.14. The van der Waals surface area contributed by atoms with Crippen LogP contribution in [0.5, 0.6) is 0 Å². The van der Waals surface area contributed by atoms with E-state index in [-0.39, 0.29) is 18.2 Å². The maximum absolute atomic E-state index is 11.2. The Morgan fingerprint density at radius 1 is 1.43 bits per heavy atom. The molecule has 0 radical (unpaired) electrons. The molecule has 0 aliphatic rings. The van der Waals surface area contributed by atoms with Crippen molar-refractivity contribution in [2.45, 2.75) is 32.7 Å². The molecule has 0 aromatic heterocycles. The maximum atomic E-state index is 11.2. The fraction of sp³-hybridized carbons (Fsp3) is 0.778. The number of hydrogen-bond acceptors (Lipinski definition) is 3. The molecule has 0 saturated heterocycles. The molecule has 0 bridgehead atoms. The van der Waals surface area contributed by atoms with Gasteiger partial charge in [-0.25, -0.2) is 0 Å². The Kier molecular flexibility index (Phi) is 5.87. The van der Waals surface area contributed by atoms with Gasteiger partial charge in [0.25, 0.3) is 0 Å². The zero-order valence-corrected chi connectivity index (χ0v) is 8.62. The monoisotopic (exact) mass is 202 g/mol. The van der Waals surface area contributed by atoms with E-state index < -0.39 is 12.0 Å². The van der Waals surface area contributed by atoms with E-state index in [0.29, 0.717) is 13.0 Å². The van der Waals surface area contributed by atoms with E-state index in [2.05, 4.69) is 5.32 Å². The van der Waals surface area contributed by atoms with Gasteiger partial charge < -0.3 is 16.2 Å². The summed E-state index contributed by atoms with van der Waals surface area (Å²) in [5.74, 6) is -0.979. The van der Waals surface area contributed by atoms with E-state index in [1.54, 1.807) is 0 Å². The molecule has 14 heavy (non-hydrogen) atoms. The van der Waals surface area contributed by atoms with Gasteiger partial charge in [0.15, 0.2) is 0 Å². The zero-order valence-electron chi connectivity index (χ0n) is 8.62. The van der Waals surface area contributed by atoms with Crippen LogP contribution in [0.4, 0.5) is 0 Å². The van der Waals surface area contributed by atoms with Crippen LogP contribution in [0.3, 0.4) is 0 Å². The average Bonchev–Trinajstić information content (AvgIpc) is 2.10. The average molecular weight is 202 g/mol. The van der Waals surface area contributed by atoms with Gasteiger partial charge in [-0.2, -0.15) is 0 Å². The third-order valence-electron chi connectivity index (χ3n) is 1.89. The molecular weight excluding hydrogens is 184 g/mol. The second-order valence-electron chi connectivity index (χ2n) is 3.56. The van der Waals surface area contributed by atoms with Gasteiger partial charge in [0, 0.05) is 13.0 Å². The van der Waals surface area contributed by atoms with Crippen molar-refractivity contribution in [1.29, 1.82) is 0 Å². The van der Waals surface area contributed by atoms with E-state index in [9.17, 15) is 9.59 Å². The van der Waals surface area contributed by atoms with Gasteiger partial charge >= 0.3 is 5.97 Å². The molecule has 0 rings (SSSR count). The summed E-state index contributed by atoms with van der Waals surface area (Å²) in [5.41, 5.74) is 5.57. The molecule has 0 fully saturated rings. The van der Waals surface area contributed by atoms with Crippen molar-refractivity contribution in [3.8, 4) is 0 Å². The lowest BCUT2D eigenvalue weighted by atomic mass is 10.1. The quantitative estimate of drug-likeness (QED) is 0.526. The molecule has 0 aromatic carbocycles. The molecule has 1 atom stereocenters. The first-order valence-electron chi connectivity index (χ1n) is 4.70. The highest BCUT2D eigenvalue weighted by Gasteiger charge is 2.16. The van der Waals surface area contributed by atoms with Crippen molar-refractivity contribution in [2.24, 2.45) is 11.7 Å². The number of rotatable bonds is 6. The highest BCUT2D eigenvalue weighted by molar-refractivity contribution is 5.81. The van der Waals surface area contributed by atoms with Crippen molar-refractivity contribution >= 4 is 11.9 Å². The van der Waals surface area contributed by atoms with Gasteiger partial charge in [-0.1, -0.05) is 13.8 Å². The van der Waals surface area contributed by atoms with Crippen molar-refractivity contribution < 1.29 is 14.7 Å². The smallest absolute Gasteiger partial charge is 0.303 e. The highest BCUT2D eigenvalue weighted by Crippen LogP contribution is 1.97. The summed E-state index contributed by atoms with van der Waals surface area (Å²) in [7, 11) is 0. The van der Waals surface area contributed by atoms with Crippen molar-refractivity contribution in [2.75, 3.05) is 6.54 Å². The fourth-order valence-electron chi connectivity index (χ4n) is 0.872. The number of nitrogens with one attached hydrogen (secondary N) is 1. The lowest BCUT2D eigenvalue weighted by molar-refractivity contribution is -0.137. The summed E-state index contributed by atoms with van der Waals surface area (Å²) in [5, 5.41) is 10.9. The molecule has 82 valence electrons. The van der Waals surface area contributed by atoms with Crippen molar-refractivity contribution in [3.05, 3.63) is 0 Å². The van der Waals surface area contributed by atoms with E-state index >= 15 is 0 Å². The molecule has 5 heteroatoms. The zero-order chi connectivity index (χ0) is 11.1. The van der Waals surface area contributed by atoms with Gasteiger partial charge in [0.2, 0.25) is 5.91 Å². The predicted molar refractivity (Wildman–Crippen MR) is 52.7 cm³/mol. The van der Waals surface area contributed by atoms with Gasteiger partial charge in [-0.3, -0.25) is 9.59 Å². The minimum atomic E-state index is -0.854. The first kappa shape index (κ1) is 12.9. The molecule has 5 nitrogen and oxygen atoms in total. The van der Waals surface area contributed by atoms with Crippen LogP contribution in [-0.4, -0.2) is 29.6 Å². The Labute approximate surface area is 83.7 Å². The molecular formula is C9H18N2O3. The number of carboxylic acids is 1. The number of amides is 1. The minimum Gasteiger partial charge on any atom is -0.481 e. The van der Waals surface area contributed by atoms with E-state index in [1.807, 2.05) is 13.8 Å². The molecule has 0 unspecified atom stereocenters. The second-order valence-corrected chi connectivity index (χ2v) is 3.56. The van der Waals surface area contributed by atoms with Crippen molar-refractivity contribution in [3.63, 3.8) is 0 Å². The normalized spacial score (nSPS) is 12.6. The van der Waals surface area contributed by atoms with Gasteiger partial charge in [-0.15, -0.1) is 0 Å². The molecule has 0 aromatic rings. The molecule has 0 aliphatic heterocycles. The topological polar surface area (TPSA) is 92.4 Å². The van der Waals surface area contributed by atoms with Gasteiger partial charge in [0.1, 0.15) is 0 Å². The Morgan fingerprint density at radius 2 is 2.00 bits per heavy atom. The van der Waals surface area contributed by atoms with Crippen LogP contribution in [0.25, 0.3) is 0 Å². The van der Waals surface area contributed by atoms with Gasteiger partial charge in [-0.05, 0) is 12.3 Å². The number of carboxylic acid groups (broad SMARTS) is 1. The molecule has 4 N–H and O–H groups in total. The minimum absolute atomic E-state index is 0.0667. The molecule has 0 heterocycles. The van der Waals surface area contributed by atoms with E-state index in [0.717, 1.165) is 0 Å². The summed E-state index contributed by atoms with van der Waals surface area (Å²) >= 11 is 0. The number of carbonyl (C=O) groups excluding carboxylic acids is 1. The Hall–Kier alpha value is -1.10. The third kappa shape index (κ3) is 5.53. The fourth-order valence-corrected chi connectivity index (χ4v) is 0.872. The van der Waals surface area contributed by atoms with Crippen LogP contribution >= 0.6 is 0 Å². The SMILES string of the molecule is CC(C)[C@@H](N)C(=O)NCCCC(=O)O. The Morgan fingerprint density at radius 3 is 2.43 bits per heavy atom. The van der Waals surface area contributed by atoms with Crippen LogP contribution < -0.4 is 11.1 Å². The number of carbonyl (C=O) groups is 2. The summed E-state index contributed by atoms with van der Waals surface area (Å²) in [6.45, 7) is 4.09. The van der Waals surface area contributed by atoms with Crippen LogP contribution in [-0.2, 0) is 9.59 Å². The van der Waals surface area contributed by atoms with E-state index in [1.165, 1.54) is 0 Å². The largest absolute Gasteiger partial charge is 0.481 e. The maximum Gasteiger partial charge on any atom is 0.303 e. The first-order valence-corrected chi connectivity index (χ1v) is 4.70. The van der Waals surface area contributed by atoms with Gasteiger partial charge in [0.05, 0.1) is 6.04 Å². The highest BCUT2D eigenvalue weighted by atomic mass is 16.4. The molecule has 0 aliphatic carbocycles.